The first kappa shape index (κ1) is 20.2. The highest BCUT2D eigenvalue weighted by Crippen LogP contribution is 2.22. The molecule has 3 nitrogen and oxygen atoms in total. The molecule has 1 heterocycles. The number of hydrogen-bond donors (Lipinski definition) is 2. The molecule has 0 saturated heterocycles. The van der Waals surface area contributed by atoms with Gasteiger partial charge in [-0.1, -0.05) is 63.4 Å². The number of benzene rings is 1. The molecule has 1 aromatic carbocycles. The largest absolute Gasteiger partial charge is 0.387 e. The van der Waals surface area contributed by atoms with Crippen molar-refractivity contribution in [3.8, 4) is 0 Å². The Hall–Kier alpha value is -1.58. The molecule has 1 saturated carbocycles. The zero-order valence-corrected chi connectivity index (χ0v) is 17.1. The maximum absolute atomic E-state index is 10.5. The first-order valence-electron chi connectivity index (χ1n) is 10.8. The summed E-state index contributed by atoms with van der Waals surface area (Å²) in [5.74, 6) is 1.15. The smallest absolute Gasteiger partial charge is 0.118 e. The maximum atomic E-state index is 10.5. The van der Waals surface area contributed by atoms with Crippen molar-refractivity contribution in [3.05, 3.63) is 59.9 Å². The number of nitrogens with zero attached hydrogens (tertiary/aromatic N) is 1. The fourth-order valence-electron chi connectivity index (χ4n) is 4.36. The summed E-state index contributed by atoms with van der Waals surface area (Å²) >= 11 is 0. The molecule has 1 aromatic heterocycles. The van der Waals surface area contributed by atoms with Gasteiger partial charge in [0.2, 0.25) is 0 Å². The van der Waals surface area contributed by atoms with Gasteiger partial charge in [-0.25, -0.2) is 0 Å². The SMILES string of the molecule is CC(C)[C@@H](O)C[NH+](Cc1cccn1Cc1ccccc1)CC1CCCCC1. The van der Waals surface area contributed by atoms with Crippen LogP contribution in [0.15, 0.2) is 48.7 Å². The molecule has 1 aliphatic rings. The Morgan fingerprint density at radius 1 is 1.04 bits per heavy atom. The van der Waals surface area contributed by atoms with Crippen LogP contribution in [-0.4, -0.2) is 28.9 Å². The van der Waals surface area contributed by atoms with Crippen molar-refractivity contribution < 1.29 is 10.0 Å². The summed E-state index contributed by atoms with van der Waals surface area (Å²) < 4.78 is 2.37. The van der Waals surface area contributed by atoms with Gasteiger partial charge in [0.1, 0.15) is 19.2 Å². The van der Waals surface area contributed by atoms with Crippen molar-refractivity contribution in [2.24, 2.45) is 11.8 Å². The highest BCUT2D eigenvalue weighted by atomic mass is 16.3. The Morgan fingerprint density at radius 3 is 2.48 bits per heavy atom. The number of hydrogen-bond acceptors (Lipinski definition) is 1. The Kier molecular flexibility index (Phi) is 7.54. The summed E-state index contributed by atoms with van der Waals surface area (Å²) in [5.41, 5.74) is 2.71. The predicted octanol–water partition coefficient (Wildman–Crippen LogP) is 3.52. The second-order valence-corrected chi connectivity index (χ2v) is 8.76. The molecular weight excluding hydrogens is 332 g/mol. The van der Waals surface area contributed by atoms with Crippen LogP contribution >= 0.6 is 0 Å². The summed E-state index contributed by atoms with van der Waals surface area (Å²) in [7, 11) is 0. The first-order chi connectivity index (χ1) is 13.1. The average Bonchev–Trinajstić information content (AvgIpc) is 3.10. The molecule has 2 atom stereocenters. The van der Waals surface area contributed by atoms with E-state index in [0.717, 1.165) is 25.6 Å². The normalized spacial score (nSPS) is 17.9. The van der Waals surface area contributed by atoms with Gasteiger partial charge in [0.05, 0.1) is 12.2 Å². The van der Waals surface area contributed by atoms with Gasteiger partial charge in [-0.3, -0.25) is 0 Å². The van der Waals surface area contributed by atoms with Gasteiger partial charge in [0, 0.05) is 18.7 Å². The quantitative estimate of drug-likeness (QED) is 0.696. The number of rotatable bonds is 9. The topological polar surface area (TPSA) is 29.6 Å². The van der Waals surface area contributed by atoms with E-state index < -0.39 is 0 Å². The van der Waals surface area contributed by atoms with Gasteiger partial charge in [-0.05, 0) is 36.5 Å². The molecule has 2 aromatic rings. The Bertz CT molecular complexity index is 658. The average molecular weight is 370 g/mol. The summed E-state index contributed by atoms with van der Waals surface area (Å²) in [6, 6.07) is 15.1. The van der Waals surface area contributed by atoms with Gasteiger partial charge < -0.3 is 14.6 Å². The number of aromatic nitrogens is 1. The molecule has 148 valence electrons. The van der Waals surface area contributed by atoms with E-state index in [1.54, 1.807) is 0 Å². The van der Waals surface area contributed by atoms with E-state index in [1.807, 2.05) is 0 Å². The number of quaternary nitrogens is 1. The molecule has 1 unspecified atom stereocenters. The molecule has 27 heavy (non-hydrogen) atoms. The third-order valence-corrected chi connectivity index (χ3v) is 6.12. The van der Waals surface area contributed by atoms with E-state index in [2.05, 4.69) is 67.1 Å². The fraction of sp³-hybridized carbons (Fsp3) is 0.583. The molecule has 0 bridgehead atoms. The predicted molar refractivity (Wildman–Crippen MR) is 112 cm³/mol. The lowest BCUT2D eigenvalue weighted by molar-refractivity contribution is -0.921. The van der Waals surface area contributed by atoms with Crippen molar-refractivity contribution in [1.29, 1.82) is 0 Å². The van der Waals surface area contributed by atoms with Crippen molar-refractivity contribution in [2.45, 2.75) is 65.1 Å². The summed E-state index contributed by atoms with van der Waals surface area (Å²) in [6.45, 7) is 8.22. The molecular formula is C24H37N2O+. The minimum atomic E-state index is -0.221. The highest BCUT2D eigenvalue weighted by Gasteiger charge is 2.24. The Balaban J connectivity index is 1.68. The molecule has 0 spiro atoms. The van der Waals surface area contributed by atoms with Crippen LogP contribution in [0.3, 0.4) is 0 Å². The van der Waals surface area contributed by atoms with Crippen LogP contribution in [0.4, 0.5) is 0 Å². The van der Waals surface area contributed by atoms with Crippen LogP contribution in [0.2, 0.25) is 0 Å². The van der Waals surface area contributed by atoms with Crippen LogP contribution in [0, 0.1) is 11.8 Å². The van der Waals surface area contributed by atoms with Crippen molar-refractivity contribution in [2.75, 3.05) is 13.1 Å². The molecule has 3 heteroatoms. The zero-order valence-electron chi connectivity index (χ0n) is 17.1. The minimum absolute atomic E-state index is 0.221. The number of nitrogens with one attached hydrogen (secondary N) is 1. The molecule has 1 fully saturated rings. The number of aliphatic hydroxyl groups excluding tert-OH is 1. The van der Waals surface area contributed by atoms with Crippen molar-refractivity contribution in [1.82, 2.24) is 4.57 Å². The summed E-state index contributed by atoms with van der Waals surface area (Å²) in [6.07, 6.45) is 8.88. The van der Waals surface area contributed by atoms with Crippen LogP contribution in [0.5, 0.6) is 0 Å². The third kappa shape index (κ3) is 6.22. The monoisotopic (exact) mass is 369 g/mol. The molecule has 1 aliphatic carbocycles. The van der Waals surface area contributed by atoms with Gasteiger partial charge >= 0.3 is 0 Å². The summed E-state index contributed by atoms with van der Waals surface area (Å²) in [4.78, 5) is 1.54. The van der Waals surface area contributed by atoms with E-state index in [1.165, 1.54) is 54.8 Å². The van der Waals surface area contributed by atoms with E-state index in [0.29, 0.717) is 5.92 Å². The van der Waals surface area contributed by atoms with Gasteiger partial charge in [0.25, 0.3) is 0 Å². The van der Waals surface area contributed by atoms with Gasteiger partial charge in [-0.15, -0.1) is 0 Å². The number of aliphatic hydroxyl groups is 1. The summed E-state index contributed by atoms with van der Waals surface area (Å²) in [5, 5.41) is 10.5. The molecule has 0 radical (unpaired) electrons. The lowest BCUT2D eigenvalue weighted by Gasteiger charge is -2.29. The standard InChI is InChI=1S/C24H36N2O/c1-20(2)24(27)19-25(16-21-10-5-3-6-11-21)18-23-14-9-15-26(23)17-22-12-7-4-8-13-22/h4,7-9,12-15,20-21,24,27H,3,5-6,10-11,16-19H2,1-2H3/p+1/t24-/m0/s1. The lowest BCUT2D eigenvalue weighted by atomic mass is 9.88. The molecule has 0 aliphatic heterocycles. The first-order valence-corrected chi connectivity index (χ1v) is 10.8. The van der Waals surface area contributed by atoms with E-state index >= 15 is 0 Å². The van der Waals surface area contributed by atoms with E-state index in [9.17, 15) is 5.11 Å². The fourth-order valence-corrected chi connectivity index (χ4v) is 4.36. The molecule has 3 rings (SSSR count). The van der Waals surface area contributed by atoms with Crippen LogP contribution < -0.4 is 4.90 Å². The molecule has 0 amide bonds. The second kappa shape index (κ2) is 10.1. The van der Waals surface area contributed by atoms with Crippen LogP contribution in [0.1, 0.15) is 57.2 Å². The van der Waals surface area contributed by atoms with E-state index in [-0.39, 0.29) is 6.10 Å². The minimum Gasteiger partial charge on any atom is -0.387 e. The second-order valence-electron chi connectivity index (χ2n) is 8.76. The zero-order chi connectivity index (χ0) is 19.1. The van der Waals surface area contributed by atoms with Gasteiger partial charge in [0.15, 0.2) is 0 Å². The van der Waals surface area contributed by atoms with Crippen LogP contribution in [-0.2, 0) is 13.1 Å². The Labute approximate surface area is 165 Å². The van der Waals surface area contributed by atoms with E-state index in [4.69, 9.17) is 0 Å². The van der Waals surface area contributed by atoms with Crippen molar-refractivity contribution >= 4 is 0 Å². The maximum Gasteiger partial charge on any atom is 0.118 e. The lowest BCUT2D eigenvalue weighted by Crippen LogP contribution is -3.12. The van der Waals surface area contributed by atoms with Crippen molar-refractivity contribution in [3.63, 3.8) is 0 Å². The third-order valence-electron chi connectivity index (χ3n) is 6.12. The highest BCUT2D eigenvalue weighted by molar-refractivity contribution is 5.17. The molecule has 2 N–H and O–H groups in total. The Morgan fingerprint density at radius 2 is 1.78 bits per heavy atom. The van der Waals surface area contributed by atoms with Gasteiger partial charge in [-0.2, -0.15) is 0 Å². The van der Waals surface area contributed by atoms with Crippen LogP contribution in [0.25, 0.3) is 0 Å².